The number of likely N-dealkylation sites (N-methyl/N-ethyl adjacent to an activating group) is 1. The van der Waals surface area contributed by atoms with Crippen LogP contribution in [0.1, 0.15) is 58.3 Å². The Morgan fingerprint density at radius 3 is 2.67 bits per heavy atom. The van der Waals surface area contributed by atoms with Gasteiger partial charge < -0.3 is 30.5 Å². The van der Waals surface area contributed by atoms with Crippen LogP contribution in [0.15, 0.2) is 24.3 Å². The van der Waals surface area contributed by atoms with Crippen LogP contribution in [0.25, 0.3) is 0 Å². The summed E-state index contributed by atoms with van der Waals surface area (Å²) < 4.78 is 4.67. The molecule has 2 fully saturated rings. The smallest absolute Gasteiger partial charge is 0.406 e. The molecule has 1 saturated heterocycles. The molecule has 1 aromatic rings. The fraction of sp³-hybridized carbons (Fsp3) is 0.704. The van der Waals surface area contributed by atoms with Crippen molar-refractivity contribution in [1.29, 1.82) is 0 Å². The molecule has 202 valence electrons. The van der Waals surface area contributed by atoms with E-state index in [4.69, 9.17) is 11.6 Å². The van der Waals surface area contributed by atoms with E-state index in [0.717, 1.165) is 38.0 Å². The second-order valence-corrected chi connectivity index (χ2v) is 10.6. The number of benzene rings is 1. The van der Waals surface area contributed by atoms with Gasteiger partial charge in [-0.25, -0.2) is 9.59 Å². The van der Waals surface area contributed by atoms with Gasteiger partial charge in [0.25, 0.3) is 0 Å². The topological polar surface area (TPSA) is 85.9 Å². The summed E-state index contributed by atoms with van der Waals surface area (Å²) in [5, 5.41) is 10.2. The van der Waals surface area contributed by atoms with Crippen molar-refractivity contribution in [2.24, 2.45) is 5.92 Å². The highest BCUT2D eigenvalue weighted by atomic mass is 35.5. The van der Waals surface area contributed by atoms with E-state index < -0.39 is 6.09 Å². The summed E-state index contributed by atoms with van der Waals surface area (Å²) in [4.78, 5) is 29.0. The molecule has 0 radical (unpaired) electrons. The number of piperidine rings is 1. The number of urea groups is 1. The fourth-order valence-corrected chi connectivity index (χ4v) is 6.03. The molecule has 1 aromatic carbocycles. The number of likely N-dealkylation sites (tertiary alicyclic amines) is 1. The number of carbonyl (C=O) groups excluding carboxylic acids is 2. The predicted octanol–water partition coefficient (Wildman–Crippen LogP) is 4.62. The summed E-state index contributed by atoms with van der Waals surface area (Å²) in [6, 6.07) is 8.40. The van der Waals surface area contributed by atoms with E-state index in [2.05, 4.69) is 38.6 Å². The van der Waals surface area contributed by atoms with Crippen molar-refractivity contribution in [3.63, 3.8) is 0 Å². The number of rotatable bonds is 10. The van der Waals surface area contributed by atoms with Crippen LogP contribution in [-0.2, 0) is 4.74 Å². The average molecular weight is 522 g/mol. The Hall–Kier alpha value is -2.19. The molecule has 2 aliphatic rings. The van der Waals surface area contributed by atoms with E-state index in [-0.39, 0.29) is 18.1 Å². The van der Waals surface area contributed by atoms with Crippen molar-refractivity contribution in [2.45, 2.75) is 76.4 Å². The number of alkyl carbamates (subject to hydrolysis) is 1. The van der Waals surface area contributed by atoms with Gasteiger partial charge in [0.05, 0.1) is 7.11 Å². The number of hydrogen-bond acceptors (Lipinski definition) is 5. The first-order chi connectivity index (χ1) is 17.4. The summed E-state index contributed by atoms with van der Waals surface area (Å²) in [6.45, 7) is 4.80. The average Bonchev–Trinajstić information content (AvgIpc) is 2.89. The molecule has 3 rings (SSSR count). The molecule has 9 heteroatoms. The lowest BCUT2D eigenvalue weighted by Gasteiger charge is -2.41. The van der Waals surface area contributed by atoms with Crippen LogP contribution in [0.2, 0.25) is 5.02 Å². The van der Waals surface area contributed by atoms with Crippen LogP contribution in [0.3, 0.4) is 0 Å². The molecule has 36 heavy (non-hydrogen) atoms. The number of carbonyl (C=O) groups is 2. The van der Waals surface area contributed by atoms with Gasteiger partial charge in [-0.15, -0.1) is 0 Å². The zero-order valence-electron chi connectivity index (χ0n) is 22.1. The third-order valence-corrected chi connectivity index (χ3v) is 7.91. The van der Waals surface area contributed by atoms with E-state index in [1.54, 1.807) is 0 Å². The standard InChI is InChI=1S/C27H44ClN5O3/c1-20(25(29-2)21-10-5-4-6-11-21)31-26(34)32-16-8-14-24(19-32)33(17-9-15-30-27(35)36-3)23-13-7-12-22(28)18-23/h7,12-13,18,20-21,24-25,29H,4-6,8-11,14-17,19H2,1-3H3,(H,30,35)(H,31,34)/t20?,24?,25-/m0/s1. The van der Waals surface area contributed by atoms with Crippen LogP contribution in [0.5, 0.6) is 0 Å². The molecule has 0 bridgehead atoms. The highest BCUT2D eigenvalue weighted by molar-refractivity contribution is 6.30. The Bertz CT molecular complexity index is 835. The SMILES string of the molecule is CN[C@H](C1CCCCC1)C(C)NC(=O)N1CCCC(N(CCCNC(=O)OC)c2cccc(Cl)c2)C1. The normalized spacial score (nSPS) is 20.3. The summed E-state index contributed by atoms with van der Waals surface area (Å²) >= 11 is 6.31. The lowest BCUT2D eigenvalue weighted by Crippen LogP contribution is -2.57. The quantitative estimate of drug-likeness (QED) is 0.391. The van der Waals surface area contributed by atoms with Crippen molar-refractivity contribution in [3.05, 3.63) is 29.3 Å². The van der Waals surface area contributed by atoms with Crippen molar-refractivity contribution in [1.82, 2.24) is 20.9 Å². The predicted molar refractivity (Wildman–Crippen MR) is 146 cm³/mol. The number of nitrogens with zero attached hydrogens (tertiary/aromatic N) is 2. The minimum absolute atomic E-state index is 0.0154. The van der Waals surface area contributed by atoms with Gasteiger partial charge in [0.15, 0.2) is 0 Å². The fourth-order valence-electron chi connectivity index (χ4n) is 5.85. The Morgan fingerprint density at radius 2 is 1.97 bits per heavy atom. The molecule has 1 saturated carbocycles. The van der Waals surface area contributed by atoms with Crippen molar-refractivity contribution in [3.8, 4) is 0 Å². The van der Waals surface area contributed by atoms with Gasteiger partial charge in [-0.3, -0.25) is 0 Å². The van der Waals surface area contributed by atoms with Gasteiger partial charge in [0.1, 0.15) is 0 Å². The third kappa shape index (κ3) is 8.17. The van der Waals surface area contributed by atoms with Crippen LogP contribution in [0.4, 0.5) is 15.3 Å². The monoisotopic (exact) mass is 521 g/mol. The molecular formula is C27H44ClN5O3. The minimum atomic E-state index is -0.424. The molecule has 0 spiro atoms. The molecule has 1 aliphatic heterocycles. The second kappa shape index (κ2) is 14.5. The van der Waals surface area contributed by atoms with Gasteiger partial charge in [-0.1, -0.05) is 36.9 Å². The molecule has 0 aromatic heterocycles. The van der Waals surface area contributed by atoms with E-state index in [1.807, 2.05) is 30.1 Å². The summed E-state index contributed by atoms with van der Waals surface area (Å²) in [5.74, 6) is 0.616. The van der Waals surface area contributed by atoms with Crippen LogP contribution in [0, 0.1) is 5.92 Å². The maximum atomic E-state index is 13.3. The lowest BCUT2D eigenvalue weighted by atomic mass is 9.81. The van der Waals surface area contributed by atoms with Gasteiger partial charge >= 0.3 is 12.1 Å². The maximum Gasteiger partial charge on any atom is 0.406 e. The number of methoxy groups -OCH3 is 1. The lowest BCUT2D eigenvalue weighted by molar-refractivity contribution is 0.166. The zero-order valence-corrected chi connectivity index (χ0v) is 22.9. The van der Waals surface area contributed by atoms with Crippen molar-refractivity contribution < 1.29 is 14.3 Å². The zero-order chi connectivity index (χ0) is 25.9. The minimum Gasteiger partial charge on any atom is -0.453 e. The van der Waals surface area contributed by atoms with E-state index in [9.17, 15) is 9.59 Å². The Morgan fingerprint density at radius 1 is 1.19 bits per heavy atom. The summed E-state index contributed by atoms with van der Waals surface area (Å²) in [6.07, 6.45) is 8.63. The van der Waals surface area contributed by atoms with Crippen molar-refractivity contribution >= 4 is 29.4 Å². The number of halogens is 1. The molecule has 3 N–H and O–H groups in total. The Balaban J connectivity index is 1.62. The van der Waals surface area contributed by atoms with Crippen molar-refractivity contribution in [2.75, 3.05) is 45.2 Å². The summed E-state index contributed by atoms with van der Waals surface area (Å²) in [5.41, 5.74) is 1.04. The Kier molecular flexibility index (Phi) is 11.5. The highest BCUT2D eigenvalue weighted by Gasteiger charge is 2.32. The first-order valence-corrected chi connectivity index (χ1v) is 13.9. The molecule has 3 amide bonds. The van der Waals surface area contributed by atoms with Gasteiger partial charge in [-0.05, 0) is 70.2 Å². The Labute approximate surface area is 221 Å². The molecule has 8 nitrogen and oxygen atoms in total. The number of anilines is 1. The van der Waals surface area contributed by atoms with Crippen LogP contribution >= 0.6 is 11.6 Å². The van der Waals surface area contributed by atoms with Gasteiger partial charge in [-0.2, -0.15) is 0 Å². The van der Waals surface area contributed by atoms with E-state index in [0.29, 0.717) is 30.1 Å². The highest BCUT2D eigenvalue weighted by Crippen LogP contribution is 2.28. The second-order valence-electron chi connectivity index (χ2n) is 10.1. The molecule has 3 atom stereocenters. The number of nitrogens with one attached hydrogen (secondary N) is 3. The number of hydrogen-bond donors (Lipinski definition) is 3. The number of ether oxygens (including phenoxy) is 1. The van der Waals surface area contributed by atoms with Gasteiger partial charge in [0.2, 0.25) is 0 Å². The molecule has 2 unspecified atom stereocenters. The van der Waals surface area contributed by atoms with Crippen LogP contribution < -0.4 is 20.9 Å². The van der Waals surface area contributed by atoms with Gasteiger partial charge in [0, 0.05) is 55.0 Å². The number of amides is 3. The summed E-state index contributed by atoms with van der Waals surface area (Å²) in [7, 11) is 3.38. The molecule has 1 aliphatic carbocycles. The van der Waals surface area contributed by atoms with E-state index in [1.165, 1.54) is 39.2 Å². The van der Waals surface area contributed by atoms with Crippen LogP contribution in [-0.4, -0.2) is 75.5 Å². The molecule has 1 heterocycles. The third-order valence-electron chi connectivity index (χ3n) is 7.68. The molecular weight excluding hydrogens is 478 g/mol. The van der Waals surface area contributed by atoms with E-state index >= 15 is 0 Å². The maximum absolute atomic E-state index is 13.3. The first kappa shape index (κ1) is 28.4. The first-order valence-electron chi connectivity index (χ1n) is 13.5. The largest absolute Gasteiger partial charge is 0.453 e.